The molecule has 0 atom stereocenters. The Labute approximate surface area is 95.0 Å². The van der Waals surface area contributed by atoms with Crippen LogP contribution in [-0.2, 0) is 22.5 Å². The molecule has 0 unspecified atom stereocenters. The lowest BCUT2D eigenvalue weighted by Crippen LogP contribution is -2.23. The van der Waals surface area contributed by atoms with Gasteiger partial charge in [0.2, 0.25) is 0 Å². The molecule has 0 bridgehead atoms. The number of ether oxygens (including phenoxy) is 1. The minimum atomic E-state index is -0.251. The van der Waals surface area contributed by atoms with Gasteiger partial charge in [0.1, 0.15) is 6.54 Å². The lowest BCUT2D eigenvalue weighted by atomic mass is 10.0. The number of anilines is 1. The van der Waals surface area contributed by atoms with Gasteiger partial charge in [0.15, 0.2) is 0 Å². The van der Waals surface area contributed by atoms with Gasteiger partial charge in [0, 0.05) is 12.2 Å². The highest BCUT2D eigenvalue weighted by Gasteiger charge is 2.09. The number of rotatable bonds is 3. The largest absolute Gasteiger partial charge is 0.468 e. The second kappa shape index (κ2) is 4.99. The van der Waals surface area contributed by atoms with Crippen LogP contribution >= 0.6 is 0 Å². The Morgan fingerprint density at radius 1 is 1.50 bits per heavy atom. The Morgan fingerprint density at radius 2 is 2.38 bits per heavy atom. The standard InChI is InChI=1S/C12H16N2O2/c1-16-12(15)8-14-11-3-2-10-7-13-5-4-9(10)6-11/h2-3,6,13-14H,4-5,7-8H2,1H3. The SMILES string of the molecule is COC(=O)CNc1ccc2c(c1)CCNC2. The zero-order valence-electron chi connectivity index (χ0n) is 9.38. The number of hydrogen-bond donors (Lipinski definition) is 2. The molecule has 1 aliphatic heterocycles. The molecule has 1 aromatic rings. The zero-order chi connectivity index (χ0) is 11.4. The molecule has 0 aliphatic carbocycles. The average molecular weight is 220 g/mol. The molecule has 1 aromatic carbocycles. The van der Waals surface area contributed by atoms with Gasteiger partial charge in [-0.15, -0.1) is 0 Å². The van der Waals surface area contributed by atoms with Crippen LogP contribution in [-0.4, -0.2) is 26.2 Å². The van der Waals surface area contributed by atoms with Gasteiger partial charge in [0.05, 0.1) is 7.11 Å². The molecule has 2 N–H and O–H groups in total. The first kappa shape index (κ1) is 11.0. The first-order chi connectivity index (χ1) is 7.79. The molecule has 2 rings (SSSR count). The third-order valence-corrected chi connectivity index (χ3v) is 2.76. The summed E-state index contributed by atoms with van der Waals surface area (Å²) in [6.07, 6.45) is 1.04. The van der Waals surface area contributed by atoms with Gasteiger partial charge in [-0.2, -0.15) is 0 Å². The minimum absolute atomic E-state index is 0.216. The van der Waals surface area contributed by atoms with Crippen LogP contribution in [0, 0.1) is 0 Å². The van der Waals surface area contributed by atoms with Crippen molar-refractivity contribution in [3.8, 4) is 0 Å². The van der Waals surface area contributed by atoms with E-state index in [1.807, 2.05) is 6.07 Å². The van der Waals surface area contributed by atoms with Crippen molar-refractivity contribution >= 4 is 11.7 Å². The normalized spacial score (nSPS) is 14.1. The summed E-state index contributed by atoms with van der Waals surface area (Å²) in [4.78, 5) is 11.0. The van der Waals surface area contributed by atoms with E-state index in [-0.39, 0.29) is 12.5 Å². The number of carbonyl (C=O) groups is 1. The topological polar surface area (TPSA) is 50.4 Å². The summed E-state index contributed by atoms with van der Waals surface area (Å²) in [6, 6.07) is 6.20. The maximum absolute atomic E-state index is 11.0. The second-order valence-corrected chi connectivity index (χ2v) is 3.84. The third-order valence-electron chi connectivity index (χ3n) is 2.76. The van der Waals surface area contributed by atoms with Crippen LogP contribution in [0.5, 0.6) is 0 Å². The Hall–Kier alpha value is -1.55. The molecule has 0 aromatic heterocycles. The predicted octanol–water partition coefficient (Wildman–Crippen LogP) is 0.917. The lowest BCUT2D eigenvalue weighted by molar-refractivity contribution is -0.138. The van der Waals surface area contributed by atoms with E-state index in [4.69, 9.17) is 0 Å². The zero-order valence-corrected chi connectivity index (χ0v) is 9.38. The summed E-state index contributed by atoms with van der Waals surface area (Å²) in [6.45, 7) is 2.17. The Bertz CT molecular complexity index is 391. The van der Waals surface area contributed by atoms with Crippen molar-refractivity contribution in [1.29, 1.82) is 0 Å². The van der Waals surface area contributed by atoms with Crippen molar-refractivity contribution in [2.75, 3.05) is 25.5 Å². The molecule has 0 fully saturated rings. The summed E-state index contributed by atoms with van der Waals surface area (Å²) in [5, 5.41) is 6.38. The molecule has 4 nitrogen and oxygen atoms in total. The fourth-order valence-electron chi connectivity index (χ4n) is 1.83. The summed E-state index contributed by atoms with van der Waals surface area (Å²) in [5.74, 6) is -0.251. The number of fused-ring (bicyclic) bond motifs is 1. The van der Waals surface area contributed by atoms with Gasteiger partial charge < -0.3 is 15.4 Å². The van der Waals surface area contributed by atoms with Crippen LogP contribution in [0.1, 0.15) is 11.1 Å². The fraction of sp³-hybridized carbons (Fsp3) is 0.417. The highest BCUT2D eigenvalue weighted by molar-refractivity contribution is 5.74. The van der Waals surface area contributed by atoms with Crippen molar-refractivity contribution in [2.45, 2.75) is 13.0 Å². The molecule has 0 radical (unpaired) electrons. The van der Waals surface area contributed by atoms with Gasteiger partial charge in [-0.3, -0.25) is 4.79 Å². The quantitative estimate of drug-likeness (QED) is 0.744. The molecule has 0 saturated carbocycles. The van der Waals surface area contributed by atoms with Crippen molar-refractivity contribution in [3.63, 3.8) is 0 Å². The van der Waals surface area contributed by atoms with E-state index in [2.05, 4.69) is 27.5 Å². The molecular formula is C12H16N2O2. The second-order valence-electron chi connectivity index (χ2n) is 3.84. The number of nitrogens with one attached hydrogen (secondary N) is 2. The third kappa shape index (κ3) is 2.52. The van der Waals surface area contributed by atoms with Gasteiger partial charge in [-0.25, -0.2) is 0 Å². The number of benzene rings is 1. The van der Waals surface area contributed by atoms with E-state index in [1.54, 1.807) is 0 Å². The van der Waals surface area contributed by atoms with E-state index in [0.29, 0.717) is 0 Å². The number of esters is 1. The highest BCUT2D eigenvalue weighted by Crippen LogP contribution is 2.18. The summed E-state index contributed by atoms with van der Waals surface area (Å²) in [5.41, 5.74) is 3.68. The Balaban J connectivity index is 2.03. The fourth-order valence-corrected chi connectivity index (χ4v) is 1.83. The van der Waals surface area contributed by atoms with Crippen molar-refractivity contribution in [3.05, 3.63) is 29.3 Å². The van der Waals surface area contributed by atoms with Crippen LogP contribution in [0.3, 0.4) is 0 Å². The number of methoxy groups -OCH3 is 1. The molecule has 16 heavy (non-hydrogen) atoms. The highest BCUT2D eigenvalue weighted by atomic mass is 16.5. The molecule has 0 spiro atoms. The number of hydrogen-bond acceptors (Lipinski definition) is 4. The molecule has 1 heterocycles. The van der Waals surface area contributed by atoms with Crippen molar-refractivity contribution in [2.24, 2.45) is 0 Å². The summed E-state index contributed by atoms with van der Waals surface area (Å²) < 4.78 is 4.57. The van der Waals surface area contributed by atoms with Crippen LogP contribution in [0.2, 0.25) is 0 Å². The van der Waals surface area contributed by atoms with E-state index in [1.165, 1.54) is 18.2 Å². The maximum Gasteiger partial charge on any atom is 0.325 e. The molecule has 1 aliphatic rings. The minimum Gasteiger partial charge on any atom is -0.468 e. The smallest absolute Gasteiger partial charge is 0.325 e. The lowest BCUT2D eigenvalue weighted by Gasteiger charge is -2.18. The van der Waals surface area contributed by atoms with E-state index in [9.17, 15) is 4.79 Å². The van der Waals surface area contributed by atoms with E-state index in [0.717, 1.165) is 25.2 Å². The van der Waals surface area contributed by atoms with Crippen LogP contribution in [0.4, 0.5) is 5.69 Å². The van der Waals surface area contributed by atoms with Crippen molar-refractivity contribution < 1.29 is 9.53 Å². The van der Waals surface area contributed by atoms with Gasteiger partial charge in [-0.1, -0.05) is 6.07 Å². The first-order valence-electron chi connectivity index (χ1n) is 5.43. The van der Waals surface area contributed by atoms with Gasteiger partial charge in [-0.05, 0) is 36.2 Å². The monoisotopic (exact) mass is 220 g/mol. The van der Waals surface area contributed by atoms with Crippen molar-refractivity contribution in [1.82, 2.24) is 5.32 Å². The number of carbonyl (C=O) groups excluding carboxylic acids is 1. The van der Waals surface area contributed by atoms with Crippen LogP contribution in [0.25, 0.3) is 0 Å². The molecule has 0 amide bonds. The van der Waals surface area contributed by atoms with Crippen LogP contribution < -0.4 is 10.6 Å². The Morgan fingerprint density at radius 3 is 3.19 bits per heavy atom. The van der Waals surface area contributed by atoms with Gasteiger partial charge in [0.25, 0.3) is 0 Å². The molecule has 0 saturated heterocycles. The Kier molecular flexibility index (Phi) is 3.41. The first-order valence-corrected chi connectivity index (χ1v) is 5.43. The molecular weight excluding hydrogens is 204 g/mol. The van der Waals surface area contributed by atoms with Crippen LogP contribution in [0.15, 0.2) is 18.2 Å². The maximum atomic E-state index is 11.0. The van der Waals surface area contributed by atoms with Gasteiger partial charge >= 0.3 is 5.97 Å². The average Bonchev–Trinajstić information content (AvgIpc) is 2.35. The van der Waals surface area contributed by atoms with E-state index < -0.39 is 0 Å². The predicted molar refractivity (Wildman–Crippen MR) is 62.4 cm³/mol. The van der Waals surface area contributed by atoms with E-state index >= 15 is 0 Å². The molecule has 4 heteroatoms. The summed E-state index contributed by atoms with van der Waals surface area (Å²) >= 11 is 0. The molecule has 86 valence electrons. The summed E-state index contributed by atoms with van der Waals surface area (Å²) in [7, 11) is 1.39.